The largest absolute Gasteiger partial charge is 0.377 e. The number of nitrogens with one attached hydrogen (secondary N) is 1. The van der Waals surface area contributed by atoms with E-state index in [1.165, 1.54) is 0 Å². The fourth-order valence-corrected chi connectivity index (χ4v) is 1.48. The number of carbonyl (C=O) groups excluding carboxylic acids is 1. The Morgan fingerprint density at radius 2 is 2.29 bits per heavy atom. The average Bonchev–Trinajstić information content (AvgIpc) is 2.48. The molecule has 0 aromatic rings. The van der Waals surface area contributed by atoms with Gasteiger partial charge in [0.1, 0.15) is 6.04 Å². The summed E-state index contributed by atoms with van der Waals surface area (Å²) in [4.78, 5) is 13.3. The lowest BCUT2D eigenvalue weighted by Gasteiger charge is -2.14. The third-order valence-corrected chi connectivity index (χ3v) is 2.72. The number of likely N-dealkylation sites (tertiary alicyclic amines) is 1. The van der Waals surface area contributed by atoms with Gasteiger partial charge in [0.15, 0.2) is 0 Å². The maximum Gasteiger partial charge on any atom is 0.244 e. The second kappa shape index (κ2) is 4.31. The smallest absolute Gasteiger partial charge is 0.244 e. The number of amides is 1. The normalized spacial score (nSPS) is 23.5. The van der Waals surface area contributed by atoms with E-state index in [4.69, 9.17) is 0 Å². The number of hydrogen-bond acceptors (Lipinski definition) is 2. The Hall–Kier alpha value is -1.25. The van der Waals surface area contributed by atoms with E-state index in [9.17, 15) is 4.79 Å². The first-order valence-electron chi connectivity index (χ1n) is 4.87. The minimum absolute atomic E-state index is 0.0464. The Morgan fingerprint density at radius 1 is 1.64 bits per heavy atom. The van der Waals surface area contributed by atoms with Gasteiger partial charge in [-0.25, -0.2) is 0 Å². The molecule has 1 atom stereocenters. The molecule has 78 valence electrons. The monoisotopic (exact) mass is 194 g/mol. The summed E-state index contributed by atoms with van der Waals surface area (Å²) in [7, 11) is 1.84. The molecule has 0 radical (unpaired) electrons. The second-order valence-corrected chi connectivity index (χ2v) is 3.76. The lowest BCUT2D eigenvalue weighted by atomic mass is 10.2. The SMILES string of the molecule is C=C/C(C)=C(\C)NC1CCN(C)C1=O. The van der Waals surface area contributed by atoms with E-state index in [-0.39, 0.29) is 11.9 Å². The van der Waals surface area contributed by atoms with Gasteiger partial charge in [-0.05, 0) is 25.8 Å². The maximum absolute atomic E-state index is 11.6. The summed E-state index contributed by atoms with van der Waals surface area (Å²) in [5.74, 6) is 0.182. The van der Waals surface area contributed by atoms with Crippen LogP contribution in [0.2, 0.25) is 0 Å². The predicted octanol–water partition coefficient (Wildman–Crippen LogP) is 1.29. The molecule has 0 aliphatic carbocycles. The van der Waals surface area contributed by atoms with Gasteiger partial charge in [0.05, 0.1) is 0 Å². The molecule has 1 amide bonds. The third kappa shape index (κ3) is 2.16. The number of nitrogens with zero attached hydrogens (tertiary/aromatic N) is 1. The molecule has 1 heterocycles. The first-order valence-corrected chi connectivity index (χ1v) is 4.87. The van der Waals surface area contributed by atoms with Crippen molar-refractivity contribution in [2.24, 2.45) is 0 Å². The first-order chi connectivity index (χ1) is 6.56. The van der Waals surface area contributed by atoms with Crippen LogP contribution in [-0.4, -0.2) is 30.4 Å². The van der Waals surface area contributed by atoms with Crippen LogP contribution in [0, 0.1) is 0 Å². The number of allylic oxidation sites excluding steroid dienone is 3. The van der Waals surface area contributed by atoms with Gasteiger partial charge < -0.3 is 10.2 Å². The van der Waals surface area contributed by atoms with Crippen LogP contribution >= 0.6 is 0 Å². The summed E-state index contributed by atoms with van der Waals surface area (Å²) in [6, 6.07) is -0.0464. The van der Waals surface area contributed by atoms with Crippen molar-refractivity contribution < 1.29 is 4.79 Å². The van der Waals surface area contributed by atoms with Gasteiger partial charge >= 0.3 is 0 Å². The van der Waals surface area contributed by atoms with E-state index in [1.807, 2.05) is 20.9 Å². The van der Waals surface area contributed by atoms with Crippen LogP contribution in [0.4, 0.5) is 0 Å². The molecule has 0 aromatic heterocycles. The second-order valence-electron chi connectivity index (χ2n) is 3.76. The Morgan fingerprint density at radius 3 is 2.71 bits per heavy atom. The lowest BCUT2D eigenvalue weighted by molar-refractivity contribution is -0.128. The molecule has 0 spiro atoms. The van der Waals surface area contributed by atoms with E-state index in [1.54, 1.807) is 11.0 Å². The highest BCUT2D eigenvalue weighted by Gasteiger charge is 2.28. The van der Waals surface area contributed by atoms with Crippen molar-refractivity contribution in [2.75, 3.05) is 13.6 Å². The first kappa shape index (κ1) is 10.8. The Bertz CT molecular complexity index is 281. The van der Waals surface area contributed by atoms with Crippen LogP contribution in [-0.2, 0) is 4.79 Å². The summed E-state index contributed by atoms with van der Waals surface area (Å²) in [6.45, 7) is 8.50. The molecule has 1 saturated heterocycles. The fourth-order valence-electron chi connectivity index (χ4n) is 1.48. The van der Waals surface area contributed by atoms with E-state index >= 15 is 0 Å². The molecule has 1 N–H and O–H groups in total. The van der Waals surface area contributed by atoms with Gasteiger partial charge in [-0.1, -0.05) is 12.7 Å². The van der Waals surface area contributed by atoms with Crippen LogP contribution < -0.4 is 5.32 Å². The van der Waals surface area contributed by atoms with Crippen molar-refractivity contribution in [1.82, 2.24) is 10.2 Å². The van der Waals surface area contributed by atoms with Gasteiger partial charge in [-0.15, -0.1) is 0 Å². The van der Waals surface area contributed by atoms with Gasteiger partial charge in [-0.2, -0.15) is 0 Å². The molecule has 3 heteroatoms. The summed E-state index contributed by atoms with van der Waals surface area (Å²) in [5, 5.41) is 3.23. The molecule has 0 bridgehead atoms. The maximum atomic E-state index is 11.6. The molecule has 1 unspecified atom stereocenters. The number of hydrogen-bond donors (Lipinski definition) is 1. The van der Waals surface area contributed by atoms with Gasteiger partial charge in [-0.3, -0.25) is 4.79 Å². The van der Waals surface area contributed by atoms with Crippen LogP contribution in [0.25, 0.3) is 0 Å². The van der Waals surface area contributed by atoms with Crippen molar-refractivity contribution in [1.29, 1.82) is 0 Å². The predicted molar refractivity (Wildman–Crippen MR) is 57.7 cm³/mol. The Kier molecular flexibility index (Phi) is 3.33. The zero-order chi connectivity index (χ0) is 10.7. The summed E-state index contributed by atoms with van der Waals surface area (Å²) < 4.78 is 0. The minimum Gasteiger partial charge on any atom is -0.377 e. The molecule has 1 aliphatic rings. The number of rotatable bonds is 3. The highest BCUT2D eigenvalue weighted by atomic mass is 16.2. The van der Waals surface area contributed by atoms with Crippen LogP contribution in [0.3, 0.4) is 0 Å². The molecule has 14 heavy (non-hydrogen) atoms. The molecular weight excluding hydrogens is 176 g/mol. The van der Waals surface area contributed by atoms with Crippen LogP contribution in [0.15, 0.2) is 23.9 Å². The summed E-state index contributed by atoms with van der Waals surface area (Å²) >= 11 is 0. The topological polar surface area (TPSA) is 32.3 Å². The molecule has 0 saturated carbocycles. The van der Waals surface area contributed by atoms with Crippen molar-refractivity contribution in [3.05, 3.63) is 23.9 Å². The molecule has 3 nitrogen and oxygen atoms in total. The molecular formula is C11H18N2O. The lowest BCUT2D eigenvalue weighted by Crippen LogP contribution is -2.36. The number of carbonyl (C=O) groups is 1. The van der Waals surface area contributed by atoms with Crippen LogP contribution in [0.1, 0.15) is 20.3 Å². The zero-order valence-electron chi connectivity index (χ0n) is 9.13. The van der Waals surface area contributed by atoms with Crippen molar-refractivity contribution in [3.63, 3.8) is 0 Å². The van der Waals surface area contributed by atoms with Crippen molar-refractivity contribution in [2.45, 2.75) is 26.3 Å². The Balaban J connectivity index is 2.62. The molecule has 0 aromatic carbocycles. The number of likely N-dealkylation sites (N-methyl/N-ethyl adjacent to an activating group) is 1. The molecule has 1 rings (SSSR count). The standard InChI is InChI=1S/C11H18N2O/c1-5-8(2)9(3)12-10-6-7-13(4)11(10)14/h5,10,12H,1,6-7H2,2-4H3/b9-8+. The van der Waals surface area contributed by atoms with E-state index < -0.39 is 0 Å². The highest BCUT2D eigenvalue weighted by Crippen LogP contribution is 2.11. The van der Waals surface area contributed by atoms with E-state index in [2.05, 4.69) is 11.9 Å². The van der Waals surface area contributed by atoms with E-state index in [0.717, 1.165) is 24.2 Å². The average molecular weight is 194 g/mol. The van der Waals surface area contributed by atoms with Crippen molar-refractivity contribution >= 4 is 5.91 Å². The van der Waals surface area contributed by atoms with Gasteiger partial charge in [0.25, 0.3) is 0 Å². The molecule has 1 aliphatic heterocycles. The fraction of sp³-hybridized carbons (Fsp3) is 0.545. The quantitative estimate of drug-likeness (QED) is 0.687. The minimum atomic E-state index is -0.0464. The zero-order valence-corrected chi connectivity index (χ0v) is 9.13. The van der Waals surface area contributed by atoms with Crippen LogP contribution in [0.5, 0.6) is 0 Å². The summed E-state index contributed by atoms with van der Waals surface area (Å²) in [5.41, 5.74) is 2.13. The van der Waals surface area contributed by atoms with Gasteiger partial charge in [0, 0.05) is 19.3 Å². The third-order valence-electron chi connectivity index (χ3n) is 2.72. The van der Waals surface area contributed by atoms with Gasteiger partial charge in [0.2, 0.25) is 5.91 Å². The van der Waals surface area contributed by atoms with E-state index in [0.29, 0.717) is 0 Å². The highest BCUT2D eigenvalue weighted by molar-refractivity contribution is 5.83. The Labute approximate surface area is 85.5 Å². The molecule has 1 fully saturated rings. The van der Waals surface area contributed by atoms with Crippen molar-refractivity contribution in [3.8, 4) is 0 Å². The summed E-state index contributed by atoms with van der Waals surface area (Å²) in [6.07, 6.45) is 2.68.